The molecular formula is C27H21FN2O6S. The zero-order valence-corrected chi connectivity index (χ0v) is 20.4. The van der Waals surface area contributed by atoms with Crippen molar-refractivity contribution in [2.24, 2.45) is 0 Å². The lowest BCUT2D eigenvalue weighted by Gasteiger charge is -2.29. The van der Waals surface area contributed by atoms with E-state index in [9.17, 15) is 18.8 Å². The summed E-state index contributed by atoms with van der Waals surface area (Å²) in [5.74, 6) is -2.34. The summed E-state index contributed by atoms with van der Waals surface area (Å²) in [6.45, 7) is 2.29. The van der Waals surface area contributed by atoms with Crippen molar-refractivity contribution in [3.8, 4) is 11.5 Å². The van der Waals surface area contributed by atoms with E-state index in [0.29, 0.717) is 23.7 Å². The molecular weight excluding hydrogens is 499 g/mol. The van der Waals surface area contributed by atoms with Gasteiger partial charge >= 0.3 is 5.97 Å². The number of carbonyl (C=O) groups is 3. The lowest BCUT2D eigenvalue weighted by Crippen LogP contribution is -2.54. The minimum atomic E-state index is -1.01. The standard InChI is InChI=1S/C27H21FN2O6S/c1-2-35-23-14-17(9-12-22(23)36-15-16-7-10-18(11-8-16)26(33)34)13-19-24(31)29-27(37)30(25(19)32)21-6-4-3-5-20(21)28/h3-14H,2,15H2,1H3,(H,33,34)(H,29,31,37)/b19-13+. The zero-order chi connectivity index (χ0) is 26.5. The van der Waals surface area contributed by atoms with Crippen LogP contribution in [0.1, 0.15) is 28.4 Å². The summed E-state index contributed by atoms with van der Waals surface area (Å²) in [6, 6.07) is 16.8. The molecule has 2 amide bonds. The number of anilines is 1. The van der Waals surface area contributed by atoms with E-state index in [1.807, 2.05) is 0 Å². The van der Waals surface area contributed by atoms with Crippen LogP contribution in [0.5, 0.6) is 11.5 Å². The fourth-order valence-corrected chi connectivity index (χ4v) is 3.86. The van der Waals surface area contributed by atoms with Crippen LogP contribution in [0.15, 0.2) is 72.3 Å². The number of carboxylic acid groups (broad SMARTS) is 1. The molecule has 0 unspecified atom stereocenters. The predicted octanol–water partition coefficient (Wildman–Crippen LogP) is 4.33. The van der Waals surface area contributed by atoms with Gasteiger partial charge in [-0.1, -0.05) is 30.3 Å². The molecule has 4 rings (SSSR count). The molecule has 0 bridgehead atoms. The Bertz CT molecular complexity index is 1420. The average molecular weight is 521 g/mol. The van der Waals surface area contributed by atoms with E-state index in [2.05, 4.69) is 5.32 Å². The molecule has 10 heteroatoms. The number of benzene rings is 3. The van der Waals surface area contributed by atoms with Crippen LogP contribution in [-0.4, -0.2) is 34.6 Å². The topological polar surface area (TPSA) is 105 Å². The molecule has 1 saturated heterocycles. The number of carbonyl (C=O) groups excluding carboxylic acids is 2. The van der Waals surface area contributed by atoms with Gasteiger partial charge in [-0.25, -0.2) is 14.1 Å². The van der Waals surface area contributed by atoms with Crippen LogP contribution < -0.4 is 19.7 Å². The van der Waals surface area contributed by atoms with Gasteiger partial charge in [0.2, 0.25) is 0 Å². The van der Waals surface area contributed by atoms with Crippen LogP contribution in [-0.2, 0) is 16.2 Å². The molecule has 3 aromatic rings. The molecule has 188 valence electrons. The molecule has 1 aliphatic rings. The summed E-state index contributed by atoms with van der Waals surface area (Å²) in [5.41, 5.74) is 1.10. The van der Waals surface area contributed by atoms with Gasteiger partial charge in [-0.05, 0) is 72.7 Å². The van der Waals surface area contributed by atoms with Crippen molar-refractivity contribution in [1.82, 2.24) is 5.32 Å². The second kappa shape index (κ2) is 11.0. The lowest BCUT2D eigenvalue weighted by atomic mass is 10.1. The third-order valence-corrected chi connectivity index (χ3v) is 5.65. The first-order valence-electron chi connectivity index (χ1n) is 11.2. The van der Waals surface area contributed by atoms with Gasteiger partial charge in [-0.15, -0.1) is 0 Å². The highest BCUT2D eigenvalue weighted by Gasteiger charge is 2.35. The molecule has 0 aliphatic carbocycles. The second-order valence-electron chi connectivity index (χ2n) is 7.84. The summed E-state index contributed by atoms with van der Waals surface area (Å²) < 4.78 is 25.9. The Hall–Kier alpha value is -4.57. The average Bonchev–Trinajstić information content (AvgIpc) is 2.87. The fourth-order valence-electron chi connectivity index (χ4n) is 3.58. The van der Waals surface area contributed by atoms with Crippen molar-refractivity contribution < 1.29 is 33.4 Å². The van der Waals surface area contributed by atoms with E-state index < -0.39 is 23.6 Å². The van der Waals surface area contributed by atoms with E-state index >= 15 is 0 Å². The highest BCUT2D eigenvalue weighted by Crippen LogP contribution is 2.31. The van der Waals surface area contributed by atoms with E-state index in [1.165, 1.54) is 36.4 Å². The lowest BCUT2D eigenvalue weighted by molar-refractivity contribution is -0.122. The van der Waals surface area contributed by atoms with E-state index in [4.69, 9.17) is 26.8 Å². The Morgan fingerprint density at radius 2 is 1.78 bits per heavy atom. The molecule has 3 aromatic carbocycles. The van der Waals surface area contributed by atoms with Crippen LogP contribution in [0.4, 0.5) is 10.1 Å². The number of hydrogen-bond donors (Lipinski definition) is 2. The molecule has 0 aromatic heterocycles. The number of carboxylic acids is 1. The number of hydrogen-bond acceptors (Lipinski definition) is 6. The number of amides is 2. The van der Waals surface area contributed by atoms with Gasteiger partial charge in [-0.3, -0.25) is 14.9 Å². The number of thiocarbonyl (C=S) groups is 1. The van der Waals surface area contributed by atoms with E-state index in [-0.39, 0.29) is 28.5 Å². The highest BCUT2D eigenvalue weighted by molar-refractivity contribution is 7.80. The van der Waals surface area contributed by atoms with Crippen LogP contribution >= 0.6 is 12.2 Å². The van der Waals surface area contributed by atoms with Gasteiger partial charge in [0.05, 0.1) is 17.9 Å². The number of para-hydroxylation sites is 1. The third-order valence-electron chi connectivity index (χ3n) is 5.37. The SMILES string of the molecule is CCOc1cc(/C=C2\C(=O)NC(=S)N(c3ccccc3F)C2=O)ccc1OCc1ccc(C(=O)O)cc1. The van der Waals surface area contributed by atoms with Crippen molar-refractivity contribution in [3.05, 3.63) is 94.8 Å². The number of nitrogens with one attached hydrogen (secondary N) is 1. The Labute approximate surface area is 216 Å². The van der Waals surface area contributed by atoms with Crippen LogP contribution in [0, 0.1) is 5.82 Å². The fraction of sp³-hybridized carbons (Fsp3) is 0.111. The second-order valence-corrected chi connectivity index (χ2v) is 8.23. The van der Waals surface area contributed by atoms with Crippen molar-refractivity contribution >= 4 is 46.9 Å². The van der Waals surface area contributed by atoms with Crippen molar-refractivity contribution in [2.45, 2.75) is 13.5 Å². The van der Waals surface area contributed by atoms with Gasteiger partial charge in [-0.2, -0.15) is 0 Å². The Morgan fingerprint density at radius 3 is 2.46 bits per heavy atom. The van der Waals surface area contributed by atoms with Crippen LogP contribution in [0.2, 0.25) is 0 Å². The molecule has 1 aliphatic heterocycles. The zero-order valence-electron chi connectivity index (χ0n) is 19.6. The van der Waals surface area contributed by atoms with Gasteiger partial charge in [0.15, 0.2) is 16.6 Å². The quantitative estimate of drug-likeness (QED) is 0.259. The van der Waals surface area contributed by atoms with Gasteiger partial charge in [0, 0.05) is 0 Å². The minimum absolute atomic E-state index is 0.0708. The predicted molar refractivity (Wildman–Crippen MR) is 138 cm³/mol. The molecule has 1 fully saturated rings. The maximum Gasteiger partial charge on any atom is 0.335 e. The molecule has 0 radical (unpaired) electrons. The van der Waals surface area contributed by atoms with Crippen LogP contribution in [0.3, 0.4) is 0 Å². The maximum absolute atomic E-state index is 14.4. The number of rotatable bonds is 8. The minimum Gasteiger partial charge on any atom is -0.490 e. The number of aromatic carboxylic acids is 1. The van der Waals surface area contributed by atoms with Gasteiger partial charge < -0.3 is 14.6 Å². The summed E-state index contributed by atoms with van der Waals surface area (Å²) in [5, 5.41) is 11.2. The first kappa shape index (κ1) is 25.5. The molecule has 8 nitrogen and oxygen atoms in total. The smallest absolute Gasteiger partial charge is 0.335 e. The molecule has 1 heterocycles. The highest BCUT2D eigenvalue weighted by atomic mass is 32.1. The van der Waals surface area contributed by atoms with E-state index in [0.717, 1.165) is 10.5 Å². The monoisotopic (exact) mass is 520 g/mol. The van der Waals surface area contributed by atoms with E-state index in [1.54, 1.807) is 43.3 Å². The molecule has 2 N–H and O–H groups in total. The van der Waals surface area contributed by atoms with Crippen molar-refractivity contribution in [2.75, 3.05) is 11.5 Å². The molecule has 0 spiro atoms. The number of halogens is 1. The Morgan fingerprint density at radius 1 is 1.05 bits per heavy atom. The summed E-state index contributed by atoms with van der Waals surface area (Å²) >= 11 is 5.12. The molecule has 37 heavy (non-hydrogen) atoms. The number of ether oxygens (including phenoxy) is 2. The first-order valence-corrected chi connectivity index (χ1v) is 11.6. The summed E-state index contributed by atoms with van der Waals surface area (Å²) in [6.07, 6.45) is 1.37. The molecule has 0 saturated carbocycles. The third kappa shape index (κ3) is 5.65. The largest absolute Gasteiger partial charge is 0.490 e. The maximum atomic E-state index is 14.4. The number of nitrogens with zero attached hydrogens (tertiary/aromatic N) is 1. The summed E-state index contributed by atoms with van der Waals surface area (Å²) in [7, 11) is 0. The Kier molecular flexibility index (Phi) is 7.59. The van der Waals surface area contributed by atoms with Crippen molar-refractivity contribution in [3.63, 3.8) is 0 Å². The van der Waals surface area contributed by atoms with Gasteiger partial charge in [0.1, 0.15) is 18.0 Å². The molecule has 0 atom stereocenters. The first-order chi connectivity index (χ1) is 17.8. The normalized spacial score (nSPS) is 14.5. The van der Waals surface area contributed by atoms with Crippen molar-refractivity contribution in [1.29, 1.82) is 0 Å². The summed E-state index contributed by atoms with van der Waals surface area (Å²) in [4.78, 5) is 37.7. The Balaban J connectivity index is 1.59. The van der Waals surface area contributed by atoms with Gasteiger partial charge in [0.25, 0.3) is 11.8 Å². The van der Waals surface area contributed by atoms with Crippen LogP contribution in [0.25, 0.3) is 6.08 Å².